The number of hydrogen-bond donors (Lipinski definition) is 1. The molecule has 3 nitrogen and oxygen atoms in total. The van der Waals surface area contributed by atoms with E-state index in [0.717, 1.165) is 11.1 Å². The Balaban J connectivity index is 1.98. The van der Waals surface area contributed by atoms with Crippen molar-refractivity contribution in [2.24, 2.45) is 5.16 Å². The summed E-state index contributed by atoms with van der Waals surface area (Å²) in [6, 6.07) is 13.4. The molecule has 2 rings (SSSR count). The summed E-state index contributed by atoms with van der Waals surface area (Å²) in [4.78, 5) is 0. The van der Waals surface area contributed by atoms with Crippen molar-refractivity contribution in [1.82, 2.24) is 0 Å². The molecule has 0 saturated carbocycles. The second kappa shape index (κ2) is 6.00. The predicted octanol–water partition coefficient (Wildman–Crippen LogP) is 3.60. The molecule has 0 fully saturated rings. The van der Waals surface area contributed by atoms with E-state index >= 15 is 0 Å². The minimum Gasteiger partial charge on any atom is -0.489 e. The zero-order chi connectivity index (χ0) is 13.7. The highest BCUT2D eigenvalue weighted by atomic mass is 19.1. The minimum atomic E-state index is -0.258. The molecule has 98 valence electrons. The third-order valence-electron chi connectivity index (χ3n) is 2.74. The van der Waals surface area contributed by atoms with E-state index in [-0.39, 0.29) is 5.82 Å². The van der Waals surface area contributed by atoms with Crippen LogP contribution in [0.3, 0.4) is 0 Å². The van der Waals surface area contributed by atoms with Gasteiger partial charge in [-0.25, -0.2) is 4.39 Å². The van der Waals surface area contributed by atoms with Gasteiger partial charge in [0.25, 0.3) is 0 Å². The third kappa shape index (κ3) is 3.55. The van der Waals surface area contributed by atoms with Crippen LogP contribution in [0.4, 0.5) is 4.39 Å². The summed E-state index contributed by atoms with van der Waals surface area (Å²) in [5, 5.41) is 11.8. The molecule has 1 N–H and O–H groups in total. The van der Waals surface area contributed by atoms with Gasteiger partial charge < -0.3 is 9.94 Å². The summed E-state index contributed by atoms with van der Waals surface area (Å²) in [5.41, 5.74) is 2.28. The first-order valence-corrected chi connectivity index (χ1v) is 5.85. The van der Waals surface area contributed by atoms with Crippen LogP contribution >= 0.6 is 0 Å². The van der Waals surface area contributed by atoms with Crippen molar-refractivity contribution < 1.29 is 14.3 Å². The number of ether oxygens (including phenoxy) is 1. The number of nitrogens with zero attached hydrogens (tertiary/aromatic N) is 1. The van der Waals surface area contributed by atoms with Gasteiger partial charge in [0.2, 0.25) is 0 Å². The van der Waals surface area contributed by atoms with E-state index in [4.69, 9.17) is 9.94 Å². The maximum atomic E-state index is 12.7. The van der Waals surface area contributed by atoms with E-state index in [1.807, 2.05) is 12.1 Å². The molecule has 0 aromatic heterocycles. The van der Waals surface area contributed by atoms with E-state index in [2.05, 4.69) is 5.16 Å². The van der Waals surface area contributed by atoms with E-state index in [1.54, 1.807) is 31.2 Å². The Morgan fingerprint density at radius 3 is 2.32 bits per heavy atom. The van der Waals surface area contributed by atoms with Crippen LogP contribution in [-0.2, 0) is 6.61 Å². The van der Waals surface area contributed by atoms with Gasteiger partial charge >= 0.3 is 0 Å². The largest absolute Gasteiger partial charge is 0.489 e. The van der Waals surface area contributed by atoms with Crippen LogP contribution in [0.25, 0.3) is 0 Å². The molecular weight excluding hydrogens is 245 g/mol. The highest BCUT2D eigenvalue weighted by Crippen LogP contribution is 2.15. The smallest absolute Gasteiger partial charge is 0.123 e. The van der Waals surface area contributed by atoms with Crippen LogP contribution < -0.4 is 4.74 Å². The molecule has 0 radical (unpaired) electrons. The summed E-state index contributed by atoms with van der Waals surface area (Å²) in [6.07, 6.45) is 0. The van der Waals surface area contributed by atoms with Gasteiger partial charge in [-0.15, -0.1) is 0 Å². The summed E-state index contributed by atoms with van der Waals surface area (Å²) < 4.78 is 18.3. The number of hydrogen-bond acceptors (Lipinski definition) is 3. The monoisotopic (exact) mass is 259 g/mol. The molecule has 2 aromatic carbocycles. The van der Waals surface area contributed by atoms with Crippen LogP contribution in [-0.4, -0.2) is 10.9 Å². The molecule has 0 heterocycles. The Hall–Kier alpha value is -2.36. The molecule has 19 heavy (non-hydrogen) atoms. The molecule has 0 atom stereocenters. The average Bonchev–Trinajstić information content (AvgIpc) is 2.46. The van der Waals surface area contributed by atoms with Crippen molar-refractivity contribution >= 4 is 5.71 Å². The lowest BCUT2D eigenvalue weighted by atomic mass is 10.1. The zero-order valence-corrected chi connectivity index (χ0v) is 10.5. The van der Waals surface area contributed by atoms with Gasteiger partial charge in [0.05, 0.1) is 5.71 Å². The molecule has 4 heteroatoms. The van der Waals surface area contributed by atoms with E-state index in [0.29, 0.717) is 18.1 Å². The summed E-state index contributed by atoms with van der Waals surface area (Å²) in [5.74, 6) is 0.450. The molecule has 0 spiro atoms. The van der Waals surface area contributed by atoms with Crippen LogP contribution in [0.2, 0.25) is 0 Å². The van der Waals surface area contributed by atoms with Crippen molar-refractivity contribution in [3.63, 3.8) is 0 Å². The molecule has 0 amide bonds. The predicted molar refractivity (Wildman–Crippen MR) is 71.2 cm³/mol. The molecule has 0 aliphatic rings. The first-order valence-electron chi connectivity index (χ1n) is 5.85. The second-order valence-electron chi connectivity index (χ2n) is 4.12. The molecule has 0 aliphatic carbocycles. The lowest BCUT2D eigenvalue weighted by molar-refractivity contribution is 0.306. The van der Waals surface area contributed by atoms with Gasteiger partial charge in [-0.1, -0.05) is 17.3 Å². The number of rotatable bonds is 4. The maximum Gasteiger partial charge on any atom is 0.123 e. The Morgan fingerprint density at radius 1 is 1.11 bits per heavy atom. The first kappa shape index (κ1) is 13.1. The van der Waals surface area contributed by atoms with Crippen molar-refractivity contribution in [2.45, 2.75) is 13.5 Å². The summed E-state index contributed by atoms with van der Waals surface area (Å²) >= 11 is 0. The Kier molecular flexibility index (Phi) is 4.13. The Morgan fingerprint density at radius 2 is 1.74 bits per heavy atom. The normalized spacial score (nSPS) is 11.4. The van der Waals surface area contributed by atoms with Gasteiger partial charge in [-0.2, -0.15) is 0 Å². The molecule has 2 aromatic rings. The van der Waals surface area contributed by atoms with E-state index < -0.39 is 0 Å². The van der Waals surface area contributed by atoms with Crippen molar-refractivity contribution in [3.05, 3.63) is 65.5 Å². The van der Waals surface area contributed by atoms with Gasteiger partial charge in [-0.3, -0.25) is 0 Å². The number of oxime groups is 1. The quantitative estimate of drug-likeness (QED) is 0.518. The molecule has 0 aliphatic heterocycles. The highest BCUT2D eigenvalue weighted by Gasteiger charge is 2.00. The zero-order valence-electron chi connectivity index (χ0n) is 10.5. The Labute approximate surface area is 111 Å². The lowest BCUT2D eigenvalue weighted by Gasteiger charge is -2.07. The van der Waals surface area contributed by atoms with Crippen LogP contribution in [0.5, 0.6) is 5.75 Å². The lowest BCUT2D eigenvalue weighted by Crippen LogP contribution is -1.97. The fourth-order valence-electron chi connectivity index (χ4n) is 1.60. The topological polar surface area (TPSA) is 41.8 Å². The highest BCUT2D eigenvalue weighted by molar-refractivity contribution is 5.98. The number of halogens is 1. The minimum absolute atomic E-state index is 0.258. The van der Waals surface area contributed by atoms with Gasteiger partial charge in [0, 0.05) is 0 Å². The summed E-state index contributed by atoms with van der Waals surface area (Å²) in [6.45, 7) is 2.10. The SMILES string of the molecule is C/C(=N/O)c1ccc(OCc2ccc(F)cc2)cc1. The third-order valence-corrected chi connectivity index (χ3v) is 2.74. The maximum absolute atomic E-state index is 12.7. The van der Waals surface area contributed by atoms with Gasteiger partial charge in [0.15, 0.2) is 0 Å². The molecule has 0 bridgehead atoms. The van der Waals surface area contributed by atoms with Crippen LogP contribution in [0, 0.1) is 5.82 Å². The fourth-order valence-corrected chi connectivity index (χ4v) is 1.60. The van der Waals surface area contributed by atoms with Crippen LogP contribution in [0.15, 0.2) is 53.7 Å². The fraction of sp³-hybridized carbons (Fsp3) is 0.133. The van der Waals surface area contributed by atoms with Crippen LogP contribution in [0.1, 0.15) is 18.1 Å². The van der Waals surface area contributed by atoms with Crippen molar-refractivity contribution in [3.8, 4) is 5.75 Å². The molecular formula is C15H14FNO2. The second-order valence-corrected chi connectivity index (χ2v) is 4.12. The molecule has 0 unspecified atom stereocenters. The molecule has 0 saturated heterocycles. The first-order chi connectivity index (χ1) is 9.19. The standard InChI is InChI=1S/C15H14FNO2/c1-11(17-18)13-4-8-15(9-5-13)19-10-12-2-6-14(16)7-3-12/h2-9,18H,10H2,1H3/b17-11-. The van der Waals surface area contributed by atoms with Crippen molar-refractivity contribution in [2.75, 3.05) is 0 Å². The van der Waals surface area contributed by atoms with Gasteiger partial charge in [0.1, 0.15) is 18.2 Å². The van der Waals surface area contributed by atoms with Crippen molar-refractivity contribution in [1.29, 1.82) is 0 Å². The number of benzene rings is 2. The van der Waals surface area contributed by atoms with Gasteiger partial charge in [-0.05, 0) is 54.4 Å². The van der Waals surface area contributed by atoms with E-state index in [1.165, 1.54) is 12.1 Å². The average molecular weight is 259 g/mol. The summed E-state index contributed by atoms with van der Waals surface area (Å²) in [7, 11) is 0. The van der Waals surface area contributed by atoms with E-state index in [9.17, 15) is 4.39 Å². The Bertz CT molecular complexity index is 562.